The van der Waals surface area contributed by atoms with Gasteiger partial charge in [0.05, 0.1) is 34.0 Å². The summed E-state index contributed by atoms with van der Waals surface area (Å²) in [5.74, 6) is 0.332. The van der Waals surface area contributed by atoms with Crippen LogP contribution in [0.5, 0.6) is 23.5 Å². The summed E-state index contributed by atoms with van der Waals surface area (Å²) < 4.78 is 43.0. The molecule has 202 valence electrons. The van der Waals surface area contributed by atoms with Crippen molar-refractivity contribution in [2.24, 2.45) is 0 Å². The Labute approximate surface area is 221 Å². The number of ether oxygens (including phenoxy) is 5. The van der Waals surface area contributed by atoms with Crippen LogP contribution in [0.1, 0.15) is 27.9 Å². The Morgan fingerprint density at radius 1 is 1.00 bits per heavy atom. The minimum absolute atomic E-state index is 0.00783. The Kier molecular flexibility index (Phi) is 9.45. The minimum atomic E-state index is -0.413. The van der Waals surface area contributed by atoms with Crippen molar-refractivity contribution >= 4 is 6.29 Å². The average molecular weight is 526 g/mol. The zero-order valence-electron chi connectivity index (χ0n) is 21.9. The standard InChI is InChI=1S/C28H32FN3O6/c1-19-21(8-5-10-24(19)37-14-6-11-32-12-15-36-16-13-32)22-9-4-7-20(25(22)29)18-38-28-30-26(34-2)23(17-33)27(31-28)35-3/h4-5,7-10,17H,6,11-16,18H2,1-3H3. The second-order valence-corrected chi connectivity index (χ2v) is 8.71. The van der Waals surface area contributed by atoms with Crippen LogP contribution in [-0.4, -0.2) is 74.8 Å². The van der Waals surface area contributed by atoms with Gasteiger partial charge >= 0.3 is 6.01 Å². The molecule has 1 aliphatic rings. The smallest absolute Gasteiger partial charge is 0.323 e. The lowest BCUT2D eigenvalue weighted by molar-refractivity contribution is 0.0358. The van der Waals surface area contributed by atoms with Gasteiger partial charge in [-0.25, -0.2) is 4.39 Å². The fraction of sp³-hybridized carbons (Fsp3) is 0.393. The molecular weight excluding hydrogens is 493 g/mol. The summed E-state index contributed by atoms with van der Waals surface area (Å²) in [6, 6.07) is 10.7. The summed E-state index contributed by atoms with van der Waals surface area (Å²) in [7, 11) is 2.73. The lowest BCUT2D eigenvalue weighted by Gasteiger charge is -2.26. The SMILES string of the molecule is COc1nc(OCc2cccc(-c3cccc(OCCCN4CCOCC4)c3C)c2F)nc(OC)c1C=O. The second kappa shape index (κ2) is 13.2. The molecule has 3 aromatic rings. The Morgan fingerprint density at radius 3 is 2.37 bits per heavy atom. The lowest BCUT2D eigenvalue weighted by atomic mass is 9.97. The van der Waals surface area contributed by atoms with Gasteiger partial charge in [-0.2, -0.15) is 9.97 Å². The summed E-state index contributed by atoms with van der Waals surface area (Å²) >= 11 is 0. The Bertz CT molecular complexity index is 1220. The van der Waals surface area contributed by atoms with Crippen LogP contribution >= 0.6 is 0 Å². The van der Waals surface area contributed by atoms with E-state index < -0.39 is 5.82 Å². The second-order valence-electron chi connectivity index (χ2n) is 8.71. The fourth-order valence-corrected chi connectivity index (χ4v) is 4.29. The van der Waals surface area contributed by atoms with Crippen molar-refractivity contribution in [2.45, 2.75) is 20.0 Å². The van der Waals surface area contributed by atoms with Crippen LogP contribution in [0.15, 0.2) is 36.4 Å². The van der Waals surface area contributed by atoms with E-state index in [9.17, 15) is 4.79 Å². The van der Waals surface area contributed by atoms with E-state index >= 15 is 4.39 Å². The van der Waals surface area contributed by atoms with Crippen molar-refractivity contribution in [1.82, 2.24) is 14.9 Å². The van der Waals surface area contributed by atoms with Crippen molar-refractivity contribution in [3.63, 3.8) is 0 Å². The van der Waals surface area contributed by atoms with E-state index in [0.29, 0.717) is 24.0 Å². The number of hydrogen-bond acceptors (Lipinski definition) is 9. The number of hydrogen-bond donors (Lipinski definition) is 0. The molecule has 38 heavy (non-hydrogen) atoms. The predicted molar refractivity (Wildman–Crippen MR) is 139 cm³/mol. The molecule has 1 aliphatic heterocycles. The highest BCUT2D eigenvalue weighted by Gasteiger charge is 2.18. The zero-order chi connectivity index (χ0) is 26.9. The molecule has 1 fully saturated rings. The van der Waals surface area contributed by atoms with Crippen LogP contribution in [0.25, 0.3) is 11.1 Å². The molecule has 1 saturated heterocycles. The van der Waals surface area contributed by atoms with Crippen molar-refractivity contribution in [3.8, 4) is 34.6 Å². The minimum Gasteiger partial charge on any atom is -0.493 e. The zero-order valence-corrected chi connectivity index (χ0v) is 21.9. The van der Waals surface area contributed by atoms with Gasteiger partial charge in [0.25, 0.3) is 0 Å². The molecule has 4 rings (SSSR count). The van der Waals surface area contributed by atoms with E-state index in [4.69, 9.17) is 23.7 Å². The normalized spacial score (nSPS) is 13.7. The van der Waals surface area contributed by atoms with Gasteiger partial charge in [-0.15, -0.1) is 0 Å². The van der Waals surface area contributed by atoms with E-state index in [1.165, 1.54) is 14.2 Å². The number of benzene rings is 2. The van der Waals surface area contributed by atoms with E-state index in [-0.39, 0.29) is 29.9 Å². The van der Waals surface area contributed by atoms with Crippen LogP contribution in [0.3, 0.4) is 0 Å². The Hall–Kier alpha value is -3.76. The van der Waals surface area contributed by atoms with Crippen LogP contribution in [0.2, 0.25) is 0 Å². The number of rotatable bonds is 12. The van der Waals surface area contributed by atoms with E-state index in [1.54, 1.807) is 18.2 Å². The molecule has 1 aromatic heterocycles. The fourth-order valence-electron chi connectivity index (χ4n) is 4.29. The number of methoxy groups -OCH3 is 2. The summed E-state index contributed by atoms with van der Waals surface area (Å²) in [6.07, 6.45) is 1.44. The quantitative estimate of drug-likeness (QED) is 0.256. The predicted octanol–water partition coefficient (Wildman–Crippen LogP) is 4.10. The lowest BCUT2D eigenvalue weighted by Crippen LogP contribution is -2.37. The van der Waals surface area contributed by atoms with Gasteiger partial charge in [-0.05, 0) is 30.5 Å². The van der Waals surface area contributed by atoms with Crippen LogP contribution in [0, 0.1) is 12.7 Å². The highest BCUT2D eigenvalue weighted by Crippen LogP contribution is 2.33. The molecule has 10 heteroatoms. The van der Waals surface area contributed by atoms with Crippen LogP contribution < -0.4 is 18.9 Å². The van der Waals surface area contributed by atoms with E-state index in [1.807, 2.05) is 25.1 Å². The van der Waals surface area contributed by atoms with Gasteiger partial charge < -0.3 is 23.7 Å². The van der Waals surface area contributed by atoms with E-state index in [2.05, 4.69) is 14.9 Å². The molecule has 0 aliphatic carbocycles. The van der Waals surface area contributed by atoms with Gasteiger partial charge in [-0.1, -0.05) is 30.3 Å². The highest BCUT2D eigenvalue weighted by atomic mass is 19.1. The van der Waals surface area contributed by atoms with E-state index in [0.717, 1.165) is 56.1 Å². The monoisotopic (exact) mass is 525 g/mol. The maximum Gasteiger partial charge on any atom is 0.323 e. The number of aldehydes is 1. The molecule has 0 radical (unpaired) electrons. The molecule has 0 unspecified atom stereocenters. The molecule has 0 amide bonds. The Morgan fingerprint density at radius 2 is 1.68 bits per heavy atom. The molecule has 0 bridgehead atoms. The summed E-state index contributed by atoms with van der Waals surface area (Å²) in [6.45, 7) is 6.78. The van der Waals surface area contributed by atoms with Gasteiger partial charge in [0.15, 0.2) is 6.29 Å². The first-order valence-corrected chi connectivity index (χ1v) is 12.4. The van der Waals surface area contributed by atoms with Crippen LogP contribution in [0.4, 0.5) is 4.39 Å². The first-order valence-electron chi connectivity index (χ1n) is 12.4. The summed E-state index contributed by atoms with van der Waals surface area (Å²) in [4.78, 5) is 21.8. The van der Waals surface area contributed by atoms with Crippen molar-refractivity contribution < 1.29 is 32.9 Å². The maximum atomic E-state index is 15.6. The van der Waals surface area contributed by atoms with Gasteiger partial charge in [0.2, 0.25) is 11.8 Å². The summed E-state index contributed by atoms with van der Waals surface area (Å²) in [5, 5.41) is 0. The van der Waals surface area contributed by atoms with Crippen LogP contribution in [-0.2, 0) is 11.3 Å². The van der Waals surface area contributed by atoms with Gasteiger partial charge in [-0.3, -0.25) is 9.69 Å². The summed E-state index contributed by atoms with van der Waals surface area (Å²) in [5.41, 5.74) is 2.42. The first kappa shape index (κ1) is 27.3. The molecule has 2 aromatic carbocycles. The third-order valence-electron chi connectivity index (χ3n) is 6.35. The maximum absolute atomic E-state index is 15.6. The highest BCUT2D eigenvalue weighted by molar-refractivity contribution is 5.81. The molecule has 2 heterocycles. The first-order chi connectivity index (χ1) is 18.5. The third-order valence-corrected chi connectivity index (χ3v) is 6.35. The molecular formula is C28H32FN3O6. The number of aromatic nitrogens is 2. The molecule has 0 N–H and O–H groups in total. The van der Waals surface area contributed by atoms with Gasteiger partial charge in [0, 0.05) is 30.8 Å². The van der Waals surface area contributed by atoms with Gasteiger partial charge in [0.1, 0.15) is 23.7 Å². The number of nitrogens with zero attached hydrogens (tertiary/aromatic N) is 3. The molecule has 0 atom stereocenters. The largest absolute Gasteiger partial charge is 0.493 e. The molecule has 0 saturated carbocycles. The number of carbonyl (C=O) groups excluding carboxylic acids is 1. The average Bonchev–Trinajstić information content (AvgIpc) is 2.95. The molecule has 9 nitrogen and oxygen atoms in total. The molecule has 0 spiro atoms. The third kappa shape index (κ3) is 6.38. The number of halogens is 1. The Balaban J connectivity index is 1.46. The number of carbonyl (C=O) groups is 1. The van der Waals surface area contributed by atoms with Crippen molar-refractivity contribution in [3.05, 3.63) is 58.9 Å². The van der Waals surface area contributed by atoms with Crippen molar-refractivity contribution in [1.29, 1.82) is 0 Å². The number of morpholine rings is 1. The topological polar surface area (TPSA) is 92.2 Å². The van der Waals surface area contributed by atoms with Crippen molar-refractivity contribution in [2.75, 3.05) is 53.7 Å².